The van der Waals surface area contributed by atoms with Crippen molar-refractivity contribution in [1.82, 2.24) is 0 Å². The highest BCUT2D eigenvalue weighted by Gasteiger charge is 2.43. The predicted octanol–water partition coefficient (Wildman–Crippen LogP) is 1.91. The number of nitrogens with two attached hydrogens (primary N) is 1. The second-order valence-electron chi connectivity index (χ2n) is 5.40. The van der Waals surface area contributed by atoms with Crippen molar-refractivity contribution in [3.63, 3.8) is 0 Å². The molecule has 2 rings (SSSR count). The number of carbonyl (C=O) groups excluding carboxylic acids is 1. The molecule has 0 aromatic heterocycles. The van der Waals surface area contributed by atoms with Gasteiger partial charge in [-0.3, -0.25) is 4.79 Å². The Balaban J connectivity index is 2.39. The first-order chi connectivity index (χ1) is 7.98. The minimum atomic E-state index is -0.412. The zero-order valence-electron chi connectivity index (χ0n) is 10.7. The van der Waals surface area contributed by atoms with Crippen molar-refractivity contribution in [3.8, 4) is 0 Å². The lowest BCUT2D eigenvalue weighted by Gasteiger charge is -2.23. The fourth-order valence-electron chi connectivity index (χ4n) is 2.37. The van der Waals surface area contributed by atoms with Crippen LogP contribution in [0.2, 0.25) is 0 Å². The zero-order valence-corrected chi connectivity index (χ0v) is 10.7. The van der Waals surface area contributed by atoms with Gasteiger partial charge >= 0.3 is 0 Å². The molecule has 0 spiro atoms. The van der Waals surface area contributed by atoms with Crippen LogP contribution in [-0.4, -0.2) is 19.0 Å². The Kier molecular flexibility index (Phi) is 2.96. The van der Waals surface area contributed by atoms with Crippen LogP contribution in [0.3, 0.4) is 0 Å². The van der Waals surface area contributed by atoms with Crippen molar-refractivity contribution in [2.75, 3.05) is 18.0 Å². The molecule has 0 saturated carbocycles. The van der Waals surface area contributed by atoms with E-state index in [-0.39, 0.29) is 5.91 Å². The average molecular weight is 232 g/mol. The van der Waals surface area contributed by atoms with Crippen LogP contribution in [0.5, 0.6) is 0 Å². The molecular formula is C14H20N2O. The number of benzene rings is 1. The molecular weight excluding hydrogens is 212 g/mol. The van der Waals surface area contributed by atoms with E-state index >= 15 is 0 Å². The normalized spacial score (nSPS) is 19.3. The van der Waals surface area contributed by atoms with E-state index in [4.69, 9.17) is 5.73 Å². The Hall–Kier alpha value is -1.35. The van der Waals surface area contributed by atoms with E-state index in [0.717, 1.165) is 11.3 Å². The predicted molar refractivity (Wildman–Crippen MR) is 70.0 cm³/mol. The molecule has 17 heavy (non-hydrogen) atoms. The maximum Gasteiger partial charge on any atom is 0.237 e. The van der Waals surface area contributed by atoms with Crippen LogP contribution in [-0.2, 0) is 10.2 Å². The first-order valence-corrected chi connectivity index (χ1v) is 6.10. The molecule has 0 aliphatic carbocycles. The summed E-state index contributed by atoms with van der Waals surface area (Å²) in [5.74, 6) is 0.500. The van der Waals surface area contributed by atoms with Gasteiger partial charge in [0.2, 0.25) is 5.91 Å². The lowest BCUT2D eigenvalue weighted by Crippen LogP contribution is -2.39. The van der Waals surface area contributed by atoms with Gasteiger partial charge in [-0.15, -0.1) is 0 Å². The molecule has 1 aromatic carbocycles. The second-order valence-corrected chi connectivity index (χ2v) is 5.40. The highest BCUT2D eigenvalue weighted by molar-refractivity contribution is 6.07. The molecule has 1 atom stereocenters. The minimum absolute atomic E-state index is 0.180. The maximum absolute atomic E-state index is 12.4. The largest absolute Gasteiger partial charge is 0.330 e. The van der Waals surface area contributed by atoms with Gasteiger partial charge in [-0.2, -0.15) is 0 Å². The fraction of sp³-hybridized carbons (Fsp3) is 0.500. The maximum atomic E-state index is 12.4. The van der Waals surface area contributed by atoms with Crippen LogP contribution in [0.25, 0.3) is 0 Å². The number of amides is 1. The van der Waals surface area contributed by atoms with E-state index in [2.05, 4.69) is 6.92 Å². The van der Waals surface area contributed by atoms with Crippen molar-refractivity contribution >= 4 is 11.6 Å². The molecule has 2 N–H and O–H groups in total. The number of hydrogen-bond acceptors (Lipinski definition) is 2. The summed E-state index contributed by atoms with van der Waals surface area (Å²) in [6.07, 6.45) is 0. The third-order valence-corrected chi connectivity index (χ3v) is 3.54. The number of carbonyl (C=O) groups is 1. The standard InChI is InChI=1S/C14H20N2O/c1-10(8-15)9-16-12-7-5-4-6-11(12)14(2,3)13(16)17/h4-7,10H,8-9,15H2,1-3H3. The Morgan fingerprint density at radius 3 is 2.65 bits per heavy atom. The number of fused-ring (bicyclic) bond motifs is 1. The van der Waals surface area contributed by atoms with E-state index in [0.29, 0.717) is 19.0 Å². The van der Waals surface area contributed by atoms with Gasteiger partial charge in [-0.05, 0) is 37.9 Å². The lowest BCUT2D eigenvalue weighted by atomic mass is 9.86. The van der Waals surface area contributed by atoms with Crippen LogP contribution >= 0.6 is 0 Å². The third kappa shape index (κ3) is 1.84. The van der Waals surface area contributed by atoms with Gasteiger partial charge in [0.05, 0.1) is 5.41 Å². The van der Waals surface area contributed by atoms with Gasteiger partial charge in [0.25, 0.3) is 0 Å². The van der Waals surface area contributed by atoms with E-state index in [1.807, 2.05) is 43.0 Å². The molecule has 0 bridgehead atoms. The first-order valence-electron chi connectivity index (χ1n) is 6.10. The summed E-state index contributed by atoms with van der Waals surface area (Å²) in [5, 5.41) is 0. The molecule has 92 valence electrons. The second kappa shape index (κ2) is 4.15. The fourth-order valence-corrected chi connectivity index (χ4v) is 2.37. The molecule has 1 unspecified atom stereocenters. The molecule has 0 saturated heterocycles. The lowest BCUT2D eigenvalue weighted by molar-refractivity contribution is -0.122. The molecule has 1 aromatic rings. The number of nitrogens with zero attached hydrogens (tertiary/aromatic N) is 1. The summed E-state index contributed by atoms with van der Waals surface area (Å²) in [7, 11) is 0. The highest BCUT2D eigenvalue weighted by Crippen LogP contribution is 2.41. The smallest absolute Gasteiger partial charge is 0.237 e. The van der Waals surface area contributed by atoms with Crippen molar-refractivity contribution in [3.05, 3.63) is 29.8 Å². The minimum Gasteiger partial charge on any atom is -0.330 e. The molecule has 3 nitrogen and oxygen atoms in total. The van der Waals surface area contributed by atoms with E-state index in [1.54, 1.807) is 0 Å². The molecule has 0 radical (unpaired) electrons. The van der Waals surface area contributed by atoms with E-state index in [1.165, 1.54) is 0 Å². The number of para-hydroxylation sites is 1. The summed E-state index contributed by atoms with van der Waals surface area (Å²) in [6, 6.07) is 8.03. The molecule has 3 heteroatoms. The topological polar surface area (TPSA) is 46.3 Å². The van der Waals surface area contributed by atoms with E-state index < -0.39 is 5.41 Å². The van der Waals surface area contributed by atoms with Crippen LogP contribution in [0.1, 0.15) is 26.3 Å². The van der Waals surface area contributed by atoms with Gasteiger partial charge in [0.1, 0.15) is 0 Å². The third-order valence-electron chi connectivity index (χ3n) is 3.54. The van der Waals surface area contributed by atoms with Gasteiger partial charge in [-0.1, -0.05) is 25.1 Å². The summed E-state index contributed by atoms with van der Waals surface area (Å²) in [6.45, 7) is 7.35. The molecule has 1 amide bonds. The number of anilines is 1. The Bertz CT molecular complexity index is 440. The number of hydrogen-bond donors (Lipinski definition) is 1. The Morgan fingerprint density at radius 1 is 1.35 bits per heavy atom. The average Bonchev–Trinajstić information content (AvgIpc) is 2.51. The molecule has 1 heterocycles. The molecule has 1 aliphatic heterocycles. The SMILES string of the molecule is CC(CN)CN1C(=O)C(C)(C)c2ccccc21. The summed E-state index contributed by atoms with van der Waals surface area (Å²) < 4.78 is 0. The van der Waals surface area contributed by atoms with Crippen LogP contribution in [0.15, 0.2) is 24.3 Å². The summed E-state index contributed by atoms with van der Waals surface area (Å²) in [5.41, 5.74) is 7.40. The van der Waals surface area contributed by atoms with Gasteiger partial charge in [0.15, 0.2) is 0 Å². The zero-order chi connectivity index (χ0) is 12.6. The Labute approximate surface area is 103 Å². The van der Waals surface area contributed by atoms with Crippen LogP contribution < -0.4 is 10.6 Å². The quantitative estimate of drug-likeness (QED) is 0.865. The Morgan fingerprint density at radius 2 is 2.00 bits per heavy atom. The summed E-state index contributed by atoms with van der Waals surface area (Å²) >= 11 is 0. The van der Waals surface area contributed by atoms with Crippen molar-refractivity contribution in [2.45, 2.75) is 26.2 Å². The van der Waals surface area contributed by atoms with Crippen LogP contribution in [0.4, 0.5) is 5.69 Å². The first kappa shape index (κ1) is 12.1. The molecule has 0 fully saturated rings. The van der Waals surface area contributed by atoms with Gasteiger partial charge in [-0.25, -0.2) is 0 Å². The highest BCUT2D eigenvalue weighted by atomic mass is 16.2. The van der Waals surface area contributed by atoms with E-state index in [9.17, 15) is 4.79 Å². The molecule has 1 aliphatic rings. The van der Waals surface area contributed by atoms with Crippen LogP contribution in [0, 0.1) is 5.92 Å². The summed E-state index contributed by atoms with van der Waals surface area (Å²) in [4.78, 5) is 14.3. The monoisotopic (exact) mass is 232 g/mol. The van der Waals surface area contributed by atoms with Gasteiger partial charge < -0.3 is 10.6 Å². The van der Waals surface area contributed by atoms with Crippen molar-refractivity contribution in [2.24, 2.45) is 11.7 Å². The van der Waals surface area contributed by atoms with Crippen molar-refractivity contribution in [1.29, 1.82) is 0 Å². The van der Waals surface area contributed by atoms with Crippen molar-refractivity contribution < 1.29 is 4.79 Å². The van der Waals surface area contributed by atoms with Gasteiger partial charge in [0, 0.05) is 12.2 Å². The number of rotatable bonds is 3.